The van der Waals surface area contributed by atoms with E-state index in [0.29, 0.717) is 0 Å². The SMILES string of the molecule is CCNCc1sc(N2CCN3CCCCC3C2)nc1CC. The van der Waals surface area contributed by atoms with Gasteiger partial charge in [-0.05, 0) is 32.4 Å². The van der Waals surface area contributed by atoms with Gasteiger partial charge in [-0.1, -0.05) is 20.3 Å². The molecule has 2 aliphatic rings. The molecule has 1 unspecified atom stereocenters. The van der Waals surface area contributed by atoms with Crippen LogP contribution in [0.15, 0.2) is 0 Å². The van der Waals surface area contributed by atoms with E-state index in [1.807, 2.05) is 11.3 Å². The van der Waals surface area contributed by atoms with Crippen LogP contribution in [0.3, 0.4) is 0 Å². The second-order valence-electron chi connectivity index (χ2n) is 6.13. The summed E-state index contributed by atoms with van der Waals surface area (Å²) < 4.78 is 0. The Hall–Kier alpha value is -0.650. The number of piperazine rings is 1. The summed E-state index contributed by atoms with van der Waals surface area (Å²) in [6.45, 7) is 11.2. The van der Waals surface area contributed by atoms with Crippen molar-refractivity contribution in [2.24, 2.45) is 0 Å². The first-order valence-corrected chi connectivity index (χ1v) is 9.31. The van der Waals surface area contributed by atoms with Crippen LogP contribution in [0.2, 0.25) is 0 Å². The Bertz CT molecular complexity index is 459. The van der Waals surface area contributed by atoms with Crippen molar-refractivity contribution in [3.63, 3.8) is 0 Å². The maximum Gasteiger partial charge on any atom is 0.185 e. The number of piperidine rings is 1. The molecule has 0 saturated carbocycles. The summed E-state index contributed by atoms with van der Waals surface area (Å²) in [5.41, 5.74) is 1.29. The van der Waals surface area contributed by atoms with Crippen LogP contribution < -0.4 is 10.2 Å². The second kappa shape index (κ2) is 7.07. The van der Waals surface area contributed by atoms with Crippen molar-refractivity contribution in [3.05, 3.63) is 10.6 Å². The fraction of sp³-hybridized carbons (Fsp3) is 0.812. The number of anilines is 1. The van der Waals surface area contributed by atoms with Crippen molar-refractivity contribution in [2.45, 2.75) is 52.1 Å². The molecule has 0 aliphatic carbocycles. The van der Waals surface area contributed by atoms with Crippen LogP contribution in [0.4, 0.5) is 5.13 Å². The molecule has 0 radical (unpaired) electrons. The molecule has 21 heavy (non-hydrogen) atoms. The normalized spacial score (nSPS) is 23.3. The molecule has 118 valence electrons. The Labute approximate surface area is 132 Å². The Morgan fingerprint density at radius 2 is 2.14 bits per heavy atom. The fourth-order valence-corrected chi connectivity index (χ4v) is 4.64. The van der Waals surface area contributed by atoms with Gasteiger partial charge in [0.05, 0.1) is 5.69 Å². The second-order valence-corrected chi connectivity index (χ2v) is 7.19. The highest BCUT2D eigenvalue weighted by Crippen LogP contribution is 2.30. The predicted molar refractivity (Wildman–Crippen MR) is 90.3 cm³/mol. The zero-order valence-corrected chi connectivity index (χ0v) is 14.2. The third kappa shape index (κ3) is 3.41. The fourth-order valence-electron chi connectivity index (χ4n) is 3.49. The summed E-state index contributed by atoms with van der Waals surface area (Å²) in [5.74, 6) is 0. The van der Waals surface area contributed by atoms with Crippen LogP contribution in [0.1, 0.15) is 43.7 Å². The maximum absolute atomic E-state index is 4.93. The van der Waals surface area contributed by atoms with Crippen molar-refractivity contribution in [3.8, 4) is 0 Å². The van der Waals surface area contributed by atoms with Gasteiger partial charge in [-0.3, -0.25) is 4.90 Å². The van der Waals surface area contributed by atoms with Crippen LogP contribution in [0.25, 0.3) is 0 Å². The average Bonchev–Trinajstić information content (AvgIpc) is 2.95. The van der Waals surface area contributed by atoms with Crippen LogP contribution in [0, 0.1) is 0 Å². The number of fused-ring (bicyclic) bond motifs is 1. The number of thiazole rings is 1. The van der Waals surface area contributed by atoms with Crippen molar-refractivity contribution in [2.75, 3.05) is 37.6 Å². The molecular formula is C16H28N4S. The molecule has 3 heterocycles. The highest BCUT2D eigenvalue weighted by Gasteiger charge is 2.30. The first-order valence-electron chi connectivity index (χ1n) is 8.50. The van der Waals surface area contributed by atoms with Crippen LogP contribution in [0.5, 0.6) is 0 Å². The van der Waals surface area contributed by atoms with Gasteiger partial charge in [0.2, 0.25) is 0 Å². The molecule has 4 nitrogen and oxygen atoms in total. The summed E-state index contributed by atoms with van der Waals surface area (Å²) in [5, 5.41) is 4.70. The lowest BCUT2D eigenvalue weighted by atomic mass is 10.00. The van der Waals surface area contributed by atoms with Crippen LogP contribution >= 0.6 is 11.3 Å². The third-order valence-electron chi connectivity index (χ3n) is 4.75. The molecule has 1 atom stereocenters. The molecular weight excluding hydrogens is 280 g/mol. The van der Waals surface area contributed by atoms with E-state index in [4.69, 9.17) is 4.98 Å². The molecule has 3 rings (SSSR count). The molecule has 0 amide bonds. The summed E-state index contributed by atoms with van der Waals surface area (Å²) >= 11 is 1.90. The minimum absolute atomic E-state index is 0.763. The van der Waals surface area contributed by atoms with E-state index in [9.17, 15) is 0 Å². The number of aromatic nitrogens is 1. The van der Waals surface area contributed by atoms with E-state index < -0.39 is 0 Å². The minimum atomic E-state index is 0.763. The lowest BCUT2D eigenvalue weighted by molar-refractivity contribution is 0.133. The maximum atomic E-state index is 4.93. The molecule has 0 bridgehead atoms. The molecule has 2 aliphatic heterocycles. The van der Waals surface area contributed by atoms with Crippen LogP contribution in [-0.2, 0) is 13.0 Å². The number of hydrogen-bond acceptors (Lipinski definition) is 5. The molecule has 1 N–H and O–H groups in total. The number of nitrogens with one attached hydrogen (secondary N) is 1. The van der Waals surface area contributed by atoms with Gasteiger partial charge >= 0.3 is 0 Å². The van der Waals surface area contributed by atoms with Gasteiger partial charge < -0.3 is 10.2 Å². The van der Waals surface area contributed by atoms with Gasteiger partial charge in [-0.15, -0.1) is 11.3 Å². The summed E-state index contributed by atoms with van der Waals surface area (Å²) in [4.78, 5) is 11.6. The highest BCUT2D eigenvalue weighted by atomic mass is 32.1. The van der Waals surface area contributed by atoms with Crippen molar-refractivity contribution in [1.29, 1.82) is 0 Å². The van der Waals surface area contributed by atoms with Gasteiger partial charge in [0, 0.05) is 37.1 Å². The molecule has 0 aromatic carbocycles. The summed E-state index contributed by atoms with van der Waals surface area (Å²) in [7, 11) is 0. The molecule has 2 fully saturated rings. The third-order valence-corrected chi connectivity index (χ3v) is 5.90. The average molecular weight is 308 g/mol. The summed E-state index contributed by atoms with van der Waals surface area (Å²) in [6, 6.07) is 0.763. The number of rotatable bonds is 5. The Kier molecular flexibility index (Phi) is 5.14. The molecule has 1 aromatic heterocycles. The number of hydrogen-bond donors (Lipinski definition) is 1. The standard InChI is InChI=1S/C16H28N4S/c1-3-14-15(11-17-4-2)21-16(18-14)20-10-9-19-8-6-5-7-13(19)12-20/h13,17H,3-12H2,1-2H3. The van der Waals surface area contributed by atoms with E-state index in [-0.39, 0.29) is 0 Å². The van der Waals surface area contributed by atoms with Gasteiger partial charge in [-0.25, -0.2) is 4.98 Å². The zero-order valence-electron chi connectivity index (χ0n) is 13.4. The Balaban J connectivity index is 1.70. The summed E-state index contributed by atoms with van der Waals surface area (Å²) in [6.07, 6.45) is 5.20. The molecule has 5 heteroatoms. The largest absolute Gasteiger partial charge is 0.345 e. The number of aryl methyl sites for hydroxylation is 1. The first kappa shape index (κ1) is 15.3. The topological polar surface area (TPSA) is 31.4 Å². The van der Waals surface area contributed by atoms with Gasteiger partial charge in [0.1, 0.15) is 0 Å². The van der Waals surface area contributed by atoms with Crippen molar-refractivity contribution >= 4 is 16.5 Å². The van der Waals surface area contributed by atoms with Crippen molar-refractivity contribution < 1.29 is 0 Å². The predicted octanol–water partition coefficient (Wildman–Crippen LogP) is 2.49. The number of nitrogens with zero attached hydrogens (tertiary/aromatic N) is 3. The van der Waals surface area contributed by atoms with Gasteiger partial charge in [-0.2, -0.15) is 0 Å². The van der Waals surface area contributed by atoms with E-state index in [0.717, 1.165) is 32.1 Å². The molecule has 1 aromatic rings. The zero-order chi connectivity index (χ0) is 14.7. The Morgan fingerprint density at radius 1 is 1.24 bits per heavy atom. The van der Waals surface area contributed by atoms with Crippen LogP contribution in [-0.4, -0.2) is 48.6 Å². The quantitative estimate of drug-likeness (QED) is 0.905. The molecule has 0 spiro atoms. The van der Waals surface area contributed by atoms with Gasteiger partial charge in [0.25, 0.3) is 0 Å². The monoisotopic (exact) mass is 308 g/mol. The minimum Gasteiger partial charge on any atom is -0.345 e. The highest BCUT2D eigenvalue weighted by molar-refractivity contribution is 7.15. The Morgan fingerprint density at radius 3 is 2.95 bits per heavy atom. The van der Waals surface area contributed by atoms with E-state index >= 15 is 0 Å². The van der Waals surface area contributed by atoms with E-state index in [1.54, 1.807) is 0 Å². The van der Waals surface area contributed by atoms with E-state index in [1.165, 1.54) is 54.6 Å². The van der Waals surface area contributed by atoms with Crippen molar-refractivity contribution in [1.82, 2.24) is 15.2 Å². The smallest absolute Gasteiger partial charge is 0.185 e. The first-order chi connectivity index (χ1) is 10.3. The molecule has 2 saturated heterocycles. The van der Waals surface area contributed by atoms with Gasteiger partial charge in [0.15, 0.2) is 5.13 Å². The van der Waals surface area contributed by atoms with E-state index in [2.05, 4.69) is 29.0 Å². The lowest BCUT2D eigenvalue weighted by Crippen LogP contribution is -2.54. The lowest BCUT2D eigenvalue weighted by Gasteiger charge is -2.44.